The lowest BCUT2D eigenvalue weighted by molar-refractivity contribution is 0.0927. The minimum atomic E-state index is -0.960. The zero-order valence-electron chi connectivity index (χ0n) is 10.5. The third kappa shape index (κ3) is 3.52. The third-order valence-corrected chi connectivity index (χ3v) is 4.15. The Morgan fingerprint density at radius 1 is 1.07 bits per heavy atom. The molecule has 0 aromatic carbocycles. The van der Waals surface area contributed by atoms with E-state index in [1.807, 2.05) is 18.4 Å². The van der Waals surface area contributed by atoms with Gasteiger partial charge in [-0.15, -0.1) is 0 Å². The van der Waals surface area contributed by atoms with Crippen molar-refractivity contribution >= 4 is 11.2 Å². The van der Waals surface area contributed by atoms with Gasteiger partial charge in [0.1, 0.15) is 0 Å². The van der Waals surface area contributed by atoms with E-state index in [9.17, 15) is 4.21 Å². The number of rotatable bonds is 2. The highest BCUT2D eigenvalue weighted by molar-refractivity contribution is 7.80. The van der Waals surface area contributed by atoms with Gasteiger partial charge in [-0.05, 0) is 20.8 Å². The summed E-state index contributed by atoms with van der Waals surface area (Å²) >= 11 is -0.960. The van der Waals surface area contributed by atoms with E-state index in [1.54, 1.807) is 4.31 Å². The Hall–Kier alpha value is 0.0300. The van der Waals surface area contributed by atoms with Gasteiger partial charge < -0.3 is 0 Å². The molecule has 1 rings (SSSR count). The first-order valence-corrected chi connectivity index (χ1v) is 6.48. The molecule has 0 bridgehead atoms. The van der Waals surface area contributed by atoms with Crippen LogP contribution in [-0.2, 0) is 11.2 Å². The normalized spacial score (nSPS) is 23.3. The molecule has 4 nitrogen and oxygen atoms in total. The molecule has 1 saturated heterocycles. The van der Waals surface area contributed by atoms with Gasteiger partial charge in [0, 0.05) is 45.8 Å². The fourth-order valence-corrected chi connectivity index (χ4v) is 2.68. The maximum absolute atomic E-state index is 11.8. The monoisotopic (exact) mass is 233 g/mol. The van der Waals surface area contributed by atoms with Crippen molar-refractivity contribution < 1.29 is 4.21 Å². The van der Waals surface area contributed by atoms with E-state index < -0.39 is 11.2 Å². The molecule has 0 aromatic rings. The first-order chi connectivity index (χ1) is 6.82. The number of hydrogen-bond acceptors (Lipinski definition) is 2. The molecule has 0 aromatic heterocycles. The summed E-state index contributed by atoms with van der Waals surface area (Å²) in [6.07, 6.45) is 0. The van der Waals surface area contributed by atoms with Crippen molar-refractivity contribution in [2.75, 3.05) is 40.3 Å². The predicted molar refractivity (Wildman–Crippen MR) is 64.7 cm³/mol. The zero-order valence-corrected chi connectivity index (χ0v) is 11.3. The van der Waals surface area contributed by atoms with Crippen LogP contribution in [0, 0.1) is 0 Å². The van der Waals surface area contributed by atoms with Crippen molar-refractivity contribution in [3.05, 3.63) is 0 Å². The van der Waals surface area contributed by atoms with Gasteiger partial charge in [-0.2, -0.15) is 0 Å². The molecule has 5 heteroatoms. The molecule has 0 saturated carbocycles. The lowest BCUT2D eigenvalue weighted by Gasteiger charge is -2.41. The van der Waals surface area contributed by atoms with E-state index in [0.29, 0.717) is 0 Å². The van der Waals surface area contributed by atoms with Gasteiger partial charge in [0.2, 0.25) is 0 Å². The van der Waals surface area contributed by atoms with Crippen LogP contribution in [0.5, 0.6) is 0 Å². The zero-order chi connectivity index (χ0) is 11.6. The fourth-order valence-electron chi connectivity index (χ4n) is 1.75. The van der Waals surface area contributed by atoms with Gasteiger partial charge in [-0.25, -0.2) is 12.8 Å². The minimum Gasteiger partial charge on any atom is -0.296 e. The summed E-state index contributed by atoms with van der Waals surface area (Å²) in [5.41, 5.74) is 0.228. The maximum Gasteiger partial charge on any atom is 0.172 e. The van der Waals surface area contributed by atoms with Gasteiger partial charge in [0.25, 0.3) is 0 Å². The Morgan fingerprint density at radius 3 is 1.87 bits per heavy atom. The van der Waals surface area contributed by atoms with Crippen LogP contribution in [-0.4, -0.2) is 63.5 Å². The van der Waals surface area contributed by atoms with Crippen LogP contribution in [0.1, 0.15) is 20.8 Å². The third-order valence-electron chi connectivity index (χ3n) is 2.72. The largest absolute Gasteiger partial charge is 0.296 e. The van der Waals surface area contributed by atoms with Gasteiger partial charge in [-0.1, -0.05) is 0 Å². The summed E-state index contributed by atoms with van der Waals surface area (Å²) in [5.74, 6) is 0. The topological polar surface area (TPSA) is 26.8 Å². The van der Waals surface area contributed by atoms with E-state index in [-0.39, 0.29) is 5.54 Å². The molecule has 0 aliphatic carbocycles. The van der Waals surface area contributed by atoms with E-state index in [0.717, 1.165) is 26.2 Å². The van der Waals surface area contributed by atoms with Crippen LogP contribution in [0.25, 0.3) is 0 Å². The number of hydrogen-bond donors (Lipinski definition) is 0. The quantitative estimate of drug-likeness (QED) is 0.696. The summed E-state index contributed by atoms with van der Waals surface area (Å²) in [7, 11) is 3.71. The van der Waals surface area contributed by atoms with Crippen LogP contribution >= 0.6 is 0 Å². The second-order valence-electron chi connectivity index (χ2n) is 5.13. The molecule has 0 amide bonds. The van der Waals surface area contributed by atoms with E-state index in [1.165, 1.54) is 0 Å². The molecule has 1 fully saturated rings. The van der Waals surface area contributed by atoms with Gasteiger partial charge in [0.15, 0.2) is 11.2 Å². The van der Waals surface area contributed by atoms with Gasteiger partial charge in [-0.3, -0.25) is 4.90 Å². The molecule has 0 radical (unpaired) electrons. The Bertz CT molecular complexity index is 229. The highest BCUT2D eigenvalue weighted by Gasteiger charge is 2.28. The molecule has 15 heavy (non-hydrogen) atoms. The Kier molecular flexibility index (Phi) is 4.29. The van der Waals surface area contributed by atoms with Crippen molar-refractivity contribution in [2.24, 2.45) is 0 Å². The van der Waals surface area contributed by atoms with Crippen molar-refractivity contribution in [1.82, 2.24) is 13.5 Å². The highest BCUT2D eigenvalue weighted by atomic mass is 32.2. The molecule has 90 valence electrons. The van der Waals surface area contributed by atoms with Crippen LogP contribution < -0.4 is 0 Å². The molecular formula is C10H23N3OS. The van der Waals surface area contributed by atoms with Crippen molar-refractivity contribution in [3.8, 4) is 0 Å². The van der Waals surface area contributed by atoms with Crippen molar-refractivity contribution in [3.63, 3.8) is 0 Å². The summed E-state index contributed by atoms with van der Waals surface area (Å²) in [6, 6.07) is 0. The van der Waals surface area contributed by atoms with Crippen LogP contribution in [0.15, 0.2) is 0 Å². The van der Waals surface area contributed by atoms with Gasteiger partial charge >= 0.3 is 0 Å². The summed E-state index contributed by atoms with van der Waals surface area (Å²) < 4.78 is 15.6. The molecule has 1 heterocycles. The van der Waals surface area contributed by atoms with Crippen LogP contribution in [0.3, 0.4) is 0 Å². The lowest BCUT2D eigenvalue weighted by Crippen LogP contribution is -2.54. The minimum absolute atomic E-state index is 0.228. The Morgan fingerprint density at radius 2 is 1.53 bits per heavy atom. The fraction of sp³-hybridized carbons (Fsp3) is 1.00. The second kappa shape index (κ2) is 4.91. The standard InChI is InChI=1S/C10H23N3OS/c1-10(2,3)12-6-8-13(9-7-12)15(14)11(4)5/h6-9H2,1-5H3. The van der Waals surface area contributed by atoms with Crippen molar-refractivity contribution in [2.45, 2.75) is 26.3 Å². The average molecular weight is 233 g/mol. The molecule has 1 unspecified atom stereocenters. The summed E-state index contributed by atoms with van der Waals surface area (Å²) in [6.45, 7) is 10.5. The Balaban J connectivity index is 2.46. The predicted octanol–water partition coefficient (Wildman–Crippen LogP) is 0.543. The smallest absolute Gasteiger partial charge is 0.172 e. The molecule has 1 atom stereocenters. The average Bonchev–Trinajstić information content (AvgIpc) is 2.15. The maximum atomic E-state index is 11.8. The van der Waals surface area contributed by atoms with E-state index >= 15 is 0 Å². The SMILES string of the molecule is CN(C)S(=O)N1CCN(C(C)(C)C)CC1. The molecule has 0 spiro atoms. The Labute approximate surface area is 95.9 Å². The molecule has 0 N–H and O–H groups in total. The van der Waals surface area contributed by atoms with E-state index in [2.05, 4.69) is 25.7 Å². The number of piperazine rings is 1. The second-order valence-corrected chi connectivity index (χ2v) is 6.84. The first kappa shape index (κ1) is 13.1. The first-order valence-electron chi connectivity index (χ1n) is 5.41. The summed E-state index contributed by atoms with van der Waals surface area (Å²) in [5, 5.41) is 0. The highest BCUT2D eigenvalue weighted by Crippen LogP contribution is 2.16. The van der Waals surface area contributed by atoms with E-state index in [4.69, 9.17) is 0 Å². The molecular weight excluding hydrogens is 210 g/mol. The van der Waals surface area contributed by atoms with Crippen LogP contribution in [0.4, 0.5) is 0 Å². The molecule has 1 aliphatic rings. The lowest BCUT2D eigenvalue weighted by atomic mass is 10.1. The van der Waals surface area contributed by atoms with Crippen molar-refractivity contribution in [1.29, 1.82) is 0 Å². The van der Waals surface area contributed by atoms with Gasteiger partial charge in [0.05, 0.1) is 0 Å². The summed E-state index contributed by atoms with van der Waals surface area (Å²) in [4.78, 5) is 2.44. The number of nitrogens with zero attached hydrogens (tertiary/aromatic N) is 3. The molecule has 1 aliphatic heterocycles. The van der Waals surface area contributed by atoms with Crippen LogP contribution in [0.2, 0.25) is 0 Å².